The topological polar surface area (TPSA) is 76.2 Å². The van der Waals surface area contributed by atoms with E-state index in [1.54, 1.807) is 10.7 Å². The number of carbonyl (C=O) groups is 1. The first-order valence-electron chi connectivity index (χ1n) is 13.5. The van der Waals surface area contributed by atoms with Crippen LogP contribution in [0.4, 0.5) is 23.7 Å². The molecule has 1 aliphatic rings. The summed E-state index contributed by atoms with van der Waals surface area (Å²) in [6.45, 7) is 7.20. The van der Waals surface area contributed by atoms with Crippen LogP contribution in [-0.2, 0) is 25.8 Å². The van der Waals surface area contributed by atoms with Gasteiger partial charge < -0.3 is 11.1 Å². The number of aryl methyl sites for hydroxylation is 2. The summed E-state index contributed by atoms with van der Waals surface area (Å²) in [5.41, 5.74) is 10.7. The monoisotopic (exact) mass is 547 g/mol. The number of fused-ring (bicyclic) bond motifs is 1. The van der Waals surface area contributed by atoms with E-state index in [9.17, 15) is 9.18 Å². The first-order chi connectivity index (χ1) is 19.2. The number of anilines is 1. The fraction of sp³-hybridized carbons (Fsp3) is 0.290. The molecule has 2 amide bonds. The van der Waals surface area contributed by atoms with Gasteiger partial charge >= 0.3 is 6.03 Å². The summed E-state index contributed by atoms with van der Waals surface area (Å²) in [7, 11) is 0. The van der Waals surface area contributed by atoms with Crippen LogP contribution in [-0.4, -0.2) is 27.3 Å². The van der Waals surface area contributed by atoms with Gasteiger partial charge in [-0.05, 0) is 54.7 Å². The van der Waals surface area contributed by atoms with Gasteiger partial charge in [0, 0.05) is 42.7 Å². The molecular weight excluding hydrogens is 515 g/mol. The maximum atomic E-state index is 15.8. The van der Waals surface area contributed by atoms with Crippen molar-refractivity contribution < 1.29 is 18.0 Å². The fourth-order valence-corrected chi connectivity index (χ4v) is 5.58. The van der Waals surface area contributed by atoms with Crippen LogP contribution in [0.25, 0.3) is 16.9 Å². The van der Waals surface area contributed by atoms with E-state index in [4.69, 9.17) is 10.8 Å². The number of urea groups is 1. The maximum Gasteiger partial charge on any atom is 0.316 e. The molecule has 1 atom stereocenters. The summed E-state index contributed by atoms with van der Waals surface area (Å²) >= 11 is 0. The second kappa shape index (κ2) is 11.2. The summed E-state index contributed by atoms with van der Waals surface area (Å²) in [5.74, 6) is -1.82. The Morgan fingerprint density at radius 2 is 1.73 bits per heavy atom. The molecule has 3 N–H and O–H groups in total. The molecule has 1 aromatic heterocycles. The Kier molecular flexibility index (Phi) is 7.67. The SMILES string of the molecule is CCc1cccc(CC)c1-n1nc2c(c1-c1cc(F)c(NC(N)=O)cc1F)CN(C(C)c1cccc(F)c1)CC2. The average molecular weight is 548 g/mol. The second-order valence-corrected chi connectivity index (χ2v) is 10.1. The summed E-state index contributed by atoms with van der Waals surface area (Å²) in [6.07, 6.45) is 2.05. The number of halogens is 3. The summed E-state index contributed by atoms with van der Waals surface area (Å²) in [6, 6.07) is 13.5. The minimum Gasteiger partial charge on any atom is -0.351 e. The second-order valence-electron chi connectivity index (χ2n) is 10.1. The Morgan fingerprint density at radius 1 is 1.02 bits per heavy atom. The number of hydrogen-bond donors (Lipinski definition) is 2. The number of nitrogens with one attached hydrogen (secondary N) is 1. The highest BCUT2D eigenvalue weighted by Gasteiger charge is 2.31. The zero-order valence-corrected chi connectivity index (χ0v) is 22.8. The number of carbonyl (C=O) groups excluding carboxylic acids is 1. The quantitative estimate of drug-likeness (QED) is 0.271. The normalized spacial score (nSPS) is 14.2. The third kappa shape index (κ3) is 5.09. The van der Waals surface area contributed by atoms with E-state index in [1.165, 1.54) is 12.1 Å². The van der Waals surface area contributed by atoms with E-state index >= 15 is 8.78 Å². The molecule has 6 nitrogen and oxygen atoms in total. The van der Waals surface area contributed by atoms with Crippen molar-refractivity contribution >= 4 is 11.7 Å². The number of primary amides is 1. The Balaban J connectivity index is 1.70. The first kappa shape index (κ1) is 27.5. The Morgan fingerprint density at radius 3 is 2.38 bits per heavy atom. The largest absolute Gasteiger partial charge is 0.351 e. The van der Waals surface area contributed by atoms with Crippen LogP contribution in [0.15, 0.2) is 54.6 Å². The Bertz CT molecular complexity index is 1560. The van der Waals surface area contributed by atoms with Gasteiger partial charge in [-0.3, -0.25) is 4.90 Å². The number of nitrogens with two attached hydrogens (primary N) is 1. The lowest BCUT2D eigenvalue weighted by molar-refractivity contribution is 0.191. The van der Waals surface area contributed by atoms with Crippen LogP contribution in [0.1, 0.15) is 54.8 Å². The number of hydrogen-bond acceptors (Lipinski definition) is 3. The van der Waals surface area contributed by atoms with Gasteiger partial charge in [-0.15, -0.1) is 0 Å². The van der Waals surface area contributed by atoms with Crippen molar-refractivity contribution in [1.82, 2.24) is 14.7 Å². The summed E-state index contributed by atoms with van der Waals surface area (Å²) < 4.78 is 46.7. The van der Waals surface area contributed by atoms with Gasteiger partial charge in [0.1, 0.15) is 17.5 Å². The van der Waals surface area contributed by atoms with E-state index in [0.717, 1.165) is 58.6 Å². The standard InChI is InChI=1S/C31H32F3N5O/c1-4-19-8-6-9-20(5-2)29(19)39-30(23-15-26(34)28(16-25(23)33)36-31(35)40)24-17-38(13-12-27(24)37-39)18(3)21-10-7-11-22(32)14-21/h6-11,14-16,18H,4-5,12-13,17H2,1-3H3,(H3,35,36,40). The molecule has 0 fully saturated rings. The van der Waals surface area contributed by atoms with Crippen molar-refractivity contribution in [3.8, 4) is 16.9 Å². The Labute approximate surface area is 231 Å². The first-order valence-corrected chi connectivity index (χ1v) is 13.5. The van der Waals surface area contributed by atoms with Crippen molar-refractivity contribution in [1.29, 1.82) is 0 Å². The van der Waals surface area contributed by atoms with E-state index in [2.05, 4.69) is 10.2 Å². The van der Waals surface area contributed by atoms with Gasteiger partial charge in [0.05, 0.1) is 22.8 Å². The molecule has 40 heavy (non-hydrogen) atoms. The molecule has 4 aromatic rings. The summed E-state index contributed by atoms with van der Waals surface area (Å²) in [5, 5.41) is 7.13. The minimum atomic E-state index is -0.986. The van der Waals surface area contributed by atoms with Gasteiger partial charge in [0.15, 0.2) is 0 Å². The molecule has 208 valence electrons. The number of amides is 2. The smallest absolute Gasteiger partial charge is 0.316 e. The molecule has 5 rings (SSSR count). The zero-order chi connectivity index (χ0) is 28.6. The highest BCUT2D eigenvalue weighted by Crippen LogP contribution is 2.39. The van der Waals surface area contributed by atoms with Gasteiger partial charge in [0.25, 0.3) is 0 Å². The van der Waals surface area contributed by atoms with Crippen LogP contribution < -0.4 is 11.1 Å². The number of rotatable bonds is 7. The lowest BCUT2D eigenvalue weighted by Gasteiger charge is -2.32. The van der Waals surface area contributed by atoms with E-state index < -0.39 is 17.7 Å². The lowest BCUT2D eigenvalue weighted by Crippen LogP contribution is -2.32. The molecule has 0 spiro atoms. The van der Waals surface area contributed by atoms with Gasteiger partial charge in [-0.2, -0.15) is 5.10 Å². The number of para-hydroxylation sites is 1. The van der Waals surface area contributed by atoms with Crippen molar-refractivity contribution in [3.63, 3.8) is 0 Å². The van der Waals surface area contributed by atoms with Crippen molar-refractivity contribution in [3.05, 3.63) is 100.0 Å². The Hall–Kier alpha value is -4.11. The van der Waals surface area contributed by atoms with E-state index in [-0.39, 0.29) is 23.1 Å². The molecule has 1 aliphatic heterocycles. The van der Waals surface area contributed by atoms with E-state index in [1.807, 2.05) is 45.0 Å². The predicted molar refractivity (Wildman–Crippen MR) is 150 cm³/mol. The average Bonchev–Trinajstić information content (AvgIpc) is 3.31. The maximum absolute atomic E-state index is 15.8. The molecule has 0 aliphatic carbocycles. The van der Waals surface area contributed by atoms with Crippen LogP contribution in [0.2, 0.25) is 0 Å². The number of aromatic nitrogens is 2. The molecule has 9 heteroatoms. The summed E-state index contributed by atoms with van der Waals surface area (Å²) in [4.78, 5) is 13.5. The molecule has 0 bridgehead atoms. The van der Waals surface area contributed by atoms with Crippen molar-refractivity contribution in [2.45, 2.75) is 52.6 Å². The molecule has 0 saturated heterocycles. The van der Waals surface area contributed by atoms with E-state index in [0.29, 0.717) is 25.2 Å². The fourth-order valence-electron chi connectivity index (χ4n) is 5.58. The molecule has 1 unspecified atom stereocenters. The third-order valence-corrected chi connectivity index (χ3v) is 7.69. The molecule has 2 heterocycles. The molecular formula is C31H32F3N5O. The highest BCUT2D eigenvalue weighted by molar-refractivity contribution is 5.88. The number of benzene rings is 3. The van der Waals surface area contributed by atoms with Crippen LogP contribution in [0, 0.1) is 17.5 Å². The van der Waals surface area contributed by atoms with Crippen molar-refractivity contribution in [2.75, 3.05) is 11.9 Å². The van der Waals surface area contributed by atoms with Crippen LogP contribution in [0.5, 0.6) is 0 Å². The zero-order valence-electron chi connectivity index (χ0n) is 22.8. The minimum absolute atomic E-state index is 0.0366. The van der Waals surface area contributed by atoms with Crippen molar-refractivity contribution in [2.24, 2.45) is 5.73 Å². The molecule has 0 saturated carbocycles. The van der Waals surface area contributed by atoms with Gasteiger partial charge in [0.2, 0.25) is 0 Å². The number of nitrogens with zero attached hydrogens (tertiary/aromatic N) is 3. The molecule has 0 radical (unpaired) electrons. The van der Waals surface area contributed by atoms with Crippen LogP contribution >= 0.6 is 0 Å². The molecule has 3 aromatic carbocycles. The lowest BCUT2D eigenvalue weighted by atomic mass is 9.96. The van der Waals surface area contributed by atoms with Crippen LogP contribution in [0.3, 0.4) is 0 Å². The van der Waals surface area contributed by atoms with Gasteiger partial charge in [-0.1, -0.05) is 44.2 Å². The predicted octanol–water partition coefficient (Wildman–Crippen LogP) is 6.69. The van der Waals surface area contributed by atoms with Gasteiger partial charge in [-0.25, -0.2) is 22.6 Å². The highest BCUT2D eigenvalue weighted by atomic mass is 19.1. The third-order valence-electron chi connectivity index (χ3n) is 7.69.